The first-order valence-corrected chi connectivity index (χ1v) is 15.5. The monoisotopic (exact) mass is 669 g/mol. The molecule has 1 saturated heterocycles. The van der Waals surface area contributed by atoms with E-state index in [0.717, 1.165) is 25.8 Å². The number of imidazole rings is 1. The standard InChI is InChI=1S/C35H35N5O9/c1-23-20-38(34(43)39(32(23)42)22-37-18-17-36-33(37)40(44)45)31-19-29(41)30(49-31)21-48-35(24-7-5-4-6-8-24,25-9-13-27(46-2)14-10-25)26-11-15-28(47-3)16-12-26/h4-18,20,29-31,41H,19,21-22H2,1-3H3/t29-,30+,31+/m0/s1. The third-order valence-corrected chi connectivity index (χ3v) is 8.67. The first-order chi connectivity index (χ1) is 23.7. The number of benzene rings is 3. The Bertz CT molecular complexity index is 1990. The van der Waals surface area contributed by atoms with E-state index < -0.39 is 52.8 Å². The average molecular weight is 670 g/mol. The fourth-order valence-electron chi connectivity index (χ4n) is 6.14. The van der Waals surface area contributed by atoms with Gasteiger partial charge in [-0.05, 0) is 52.8 Å². The smallest absolute Gasteiger partial charge is 0.436 e. The first kappa shape index (κ1) is 33.3. The van der Waals surface area contributed by atoms with Crippen molar-refractivity contribution in [2.24, 2.45) is 0 Å². The maximum Gasteiger partial charge on any atom is 0.436 e. The van der Waals surface area contributed by atoms with E-state index in [1.54, 1.807) is 14.2 Å². The van der Waals surface area contributed by atoms with Crippen LogP contribution in [0.5, 0.6) is 11.5 Å². The highest BCUT2D eigenvalue weighted by molar-refractivity contribution is 5.49. The number of hydrogen-bond acceptors (Lipinski definition) is 10. The van der Waals surface area contributed by atoms with E-state index in [1.165, 1.54) is 30.1 Å². The molecule has 0 amide bonds. The van der Waals surface area contributed by atoms with Gasteiger partial charge in [-0.15, -0.1) is 0 Å². The second-order valence-corrected chi connectivity index (χ2v) is 11.6. The Morgan fingerprint density at radius 2 is 1.55 bits per heavy atom. The van der Waals surface area contributed by atoms with Gasteiger partial charge in [-0.2, -0.15) is 0 Å². The van der Waals surface area contributed by atoms with Gasteiger partial charge in [-0.3, -0.25) is 9.36 Å². The molecule has 2 aromatic heterocycles. The van der Waals surface area contributed by atoms with Gasteiger partial charge in [0.15, 0.2) is 6.67 Å². The van der Waals surface area contributed by atoms with Crippen molar-refractivity contribution in [3.8, 4) is 11.5 Å². The molecule has 14 heteroatoms. The van der Waals surface area contributed by atoms with Crippen LogP contribution in [0.1, 0.15) is 34.9 Å². The maximum absolute atomic E-state index is 13.6. The lowest BCUT2D eigenvalue weighted by Crippen LogP contribution is -2.43. The predicted molar refractivity (Wildman–Crippen MR) is 177 cm³/mol. The zero-order valence-electron chi connectivity index (χ0n) is 27.0. The van der Waals surface area contributed by atoms with Crippen LogP contribution in [0.2, 0.25) is 0 Å². The van der Waals surface area contributed by atoms with Crippen LogP contribution in [0.4, 0.5) is 5.95 Å². The molecule has 6 rings (SSSR count). The van der Waals surface area contributed by atoms with Gasteiger partial charge in [0.1, 0.15) is 41.8 Å². The summed E-state index contributed by atoms with van der Waals surface area (Å²) in [6, 6.07) is 24.7. The fourth-order valence-corrected chi connectivity index (χ4v) is 6.14. The molecule has 14 nitrogen and oxygen atoms in total. The summed E-state index contributed by atoms with van der Waals surface area (Å²) in [5.74, 6) is 0.824. The molecular weight excluding hydrogens is 634 g/mol. The summed E-state index contributed by atoms with van der Waals surface area (Å²) < 4.78 is 27.2. The zero-order chi connectivity index (χ0) is 34.7. The molecule has 3 aromatic carbocycles. The number of aromatic nitrogens is 4. The Labute approximate surface area is 280 Å². The topological polar surface area (TPSA) is 162 Å². The fraction of sp³-hybridized carbons (Fsp3) is 0.286. The van der Waals surface area contributed by atoms with Crippen molar-refractivity contribution < 1.29 is 29.0 Å². The number of rotatable bonds is 12. The second-order valence-electron chi connectivity index (χ2n) is 11.6. The number of methoxy groups -OCH3 is 2. The zero-order valence-corrected chi connectivity index (χ0v) is 27.0. The van der Waals surface area contributed by atoms with Gasteiger partial charge in [-0.25, -0.2) is 13.9 Å². The molecule has 0 aliphatic carbocycles. The lowest BCUT2D eigenvalue weighted by Gasteiger charge is -2.37. The molecule has 3 heterocycles. The summed E-state index contributed by atoms with van der Waals surface area (Å²) in [7, 11) is 3.18. The lowest BCUT2D eigenvalue weighted by molar-refractivity contribution is -0.396. The van der Waals surface area contributed by atoms with Crippen LogP contribution in [-0.2, 0) is 21.7 Å². The van der Waals surface area contributed by atoms with E-state index in [-0.39, 0.29) is 18.6 Å². The van der Waals surface area contributed by atoms with Crippen molar-refractivity contribution in [3.63, 3.8) is 0 Å². The van der Waals surface area contributed by atoms with Crippen molar-refractivity contribution in [2.45, 2.75) is 44.1 Å². The quantitative estimate of drug-likeness (QED) is 0.118. The molecule has 0 bridgehead atoms. The summed E-state index contributed by atoms with van der Waals surface area (Å²) in [4.78, 5) is 41.0. The Morgan fingerprint density at radius 3 is 2.12 bits per heavy atom. The number of hydrogen-bond donors (Lipinski definition) is 1. The SMILES string of the molecule is COc1ccc(C(OC[C@H]2O[C@@H](n3cc(C)c(=O)n(Cn4ccnc4[N+](=O)[O-])c3=O)C[C@@H]2O)(c2ccccc2)c2ccc(OC)cc2)cc1. The molecule has 1 fully saturated rings. The summed E-state index contributed by atoms with van der Waals surface area (Å²) in [5, 5.41) is 22.6. The van der Waals surface area contributed by atoms with Crippen LogP contribution in [0.3, 0.4) is 0 Å². The van der Waals surface area contributed by atoms with Crippen LogP contribution in [0.15, 0.2) is 107 Å². The van der Waals surface area contributed by atoms with E-state index in [0.29, 0.717) is 11.5 Å². The van der Waals surface area contributed by atoms with E-state index in [9.17, 15) is 24.8 Å². The Hall–Kier alpha value is -5.57. The molecule has 1 aliphatic heterocycles. The number of aliphatic hydroxyl groups excluding tert-OH is 1. The second kappa shape index (κ2) is 13.9. The average Bonchev–Trinajstić information content (AvgIpc) is 3.75. The van der Waals surface area contributed by atoms with Gasteiger partial charge >= 0.3 is 11.6 Å². The van der Waals surface area contributed by atoms with E-state index in [2.05, 4.69) is 4.98 Å². The van der Waals surface area contributed by atoms with Gasteiger partial charge in [0.2, 0.25) is 0 Å². The Morgan fingerprint density at radius 1 is 0.959 bits per heavy atom. The molecule has 0 unspecified atom stereocenters. The molecule has 49 heavy (non-hydrogen) atoms. The van der Waals surface area contributed by atoms with Crippen LogP contribution in [0.25, 0.3) is 0 Å². The summed E-state index contributed by atoms with van der Waals surface area (Å²) in [5.41, 5.74) is 0.0783. The number of aliphatic hydroxyl groups is 1. The molecule has 1 N–H and O–H groups in total. The van der Waals surface area contributed by atoms with Crippen molar-refractivity contribution in [1.29, 1.82) is 0 Å². The molecule has 3 atom stereocenters. The highest BCUT2D eigenvalue weighted by Gasteiger charge is 2.42. The minimum Gasteiger partial charge on any atom is -0.497 e. The van der Waals surface area contributed by atoms with E-state index in [4.69, 9.17) is 18.9 Å². The van der Waals surface area contributed by atoms with Crippen LogP contribution >= 0.6 is 0 Å². The molecule has 0 spiro atoms. The normalized spacial score (nSPS) is 17.6. The largest absolute Gasteiger partial charge is 0.497 e. The predicted octanol–water partition coefficient (Wildman–Crippen LogP) is 3.60. The number of nitrogens with zero attached hydrogens (tertiary/aromatic N) is 5. The minimum absolute atomic E-state index is 0.0280. The molecule has 5 aromatic rings. The van der Waals surface area contributed by atoms with Crippen molar-refractivity contribution in [2.75, 3.05) is 20.8 Å². The van der Waals surface area contributed by atoms with Gasteiger partial charge < -0.3 is 34.2 Å². The highest BCUT2D eigenvalue weighted by Crippen LogP contribution is 2.42. The molecule has 1 aliphatic rings. The summed E-state index contributed by atoms with van der Waals surface area (Å²) >= 11 is 0. The van der Waals surface area contributed by atoms with Gasteiger partial charge in [0.05, 0.1) is 26.9 Å². The summed E-state index contributed by atoms with van der Waals surface area (Å²) in [6.07, 6.45) is 1.07. The Balaban J connectivity index is 1.34. The van der Waals surface area contributed by atoms with Crippen LogP contribution in [0, 0.1) is 17.0 Å². The molecule has 254 valence electrons. The highest BCUT2D eigenvalue weighted by atomic mass is 16.6. The van der Waals surface area contributed by atoms with Crippen LogP contribution in [-0.4, -0.2) is 61.7 Å². The van der Waals surface area contributed by atoms with Crippen molar-refractivity contribution in [1.82, 2.24) is 18.7 Å². The van der Waals surface area contributed by atoms with Gasteiger partial charge in [-0.1, -0.05) is 59.6 Å². The maximum atomic E-state index is 13.6. The molecule has 0 radical (unpaired) electrons. The van der Waals surface area contributed by atoms with Gasteiger partial charge in [0, 0.05) is 18.2 Å². The van der Waals surface area contributed by atoms with E-state index >= 15 is 0 Å². The van der Waals surface area contributed by atoms with E-state index in [1.807, 2.05) is 78.9 Å². The number of ether oxygens (including phenoxy) is 4. The molecular formula is C35H35N5O9. The third-order valence-electron chi connectivity index (χ3n) is 8.67. The van der Waals surface area contributed by atoms with Crippen LogP contribution < -0.4 is 20.7 Å². The number of aryl methyl sites for hydroxylation is 1. The van der Waals surface area contributed by atoms with Gasteiger partial charge in [0.25, 0.3) is 5.56 Å². The Kier molecular flexibility index (Phi) is 9.44. The minimum atomic E-state index is -1.17. The van der Waals surface area contributed by atoms with Crippen molar-refractivity contribution in [3.05, 3.63) is 151 Å². The molecule has 0 saturated carbocycles. The third kappa shape index (κ3) is 6.36. The first-order valence-electron chi connectivity index (χ1n) is 15.5. The summed E-state index contributed by atoms with van der Waals surface area (Å²) in [6.45, 7) is 1.01. The lowest BCUT2D eigenvalue weighted by atomic mass is 9.80. The van der Waals surface area contributed by atoms with Crippen molar-refractivity contribution >= 4 is 5.95 Å². The number of nitro groups is 1.